The van der Waals surface area contributed by atoms with Crippen LogP contribution in [0.4, 0.5) is 5.69 Å². The number of sulfonamides is 1. The number of esters is 1. The normalized spacial score (nSPS) is 11.1. The Morgan fingerprint density at radius 3 is 2.81 bits per heavy atom. The van der Waals surface area contributed by atoms with Gasteiger partial charge in [0.05, 0.1) is 22.9 Å². The van der Waals surface area contributed by atoms with Crippen molar-refractivity contribution >= 4 is 27.2 Å². The van der Waals surface area contributed by atoms with Crippen molar-refractivity contribution in [1.29, 1.82) is 5.26 Å². The van der Waals surface area contributed by atoms with E-state index >= 15 is 0 Å². The lowest BCUT2D eigenvalue weighted by atomic mass is 10.2. The summed E-state index contributed by atoms with van der Waals surface area (Å²) in [6.07, 6.45) is 4.57. The minimum absolute atomic E-state index is 0.0624. The summed E-state index contributed by atoms with van der Waals surface area (Å²) < 4.78 is 32.0. The fourth-order valence-electron chi connectivity index (χ4n) is 2.57. The Morgan fingerprint density at radius 1 is 1.27 bits per heavy atom. The second-order valence-electron chi connectivity index (χ2n) is 5.67. The Labute approximate surface area is 150 Å². The van der Waals surface area contributed by atoms with Gasteiger partial charge in [-0.05, 0) is 30.3 Å². The summed E-state index contributed by atoms with van der Waals surface area (Å²) in [7, 11) is -3.44. The molecule has 0 aliphatic rings. The fourth-order valence-corrected chi connectivity index (χ4v) is 3.12. The van der Waals surface area contributed by atoms with Crippen molar-refractivity contribution in [1.82, 2.24) is 4.40 Å². The summed E-state index contributed by atoms with van der Waals surface area (Å²) >= 11 is 0. The SMILES string of the molecule is CS(=O)(=O)Nc1cccc(C(=O)OCc2cn3ccccc3c2C#N)c1. The van der Waals surface area contributed by atoms with Crippen molar-refractivity contribution in [2.24, 2.45) is 0 Å². The summed E-state index contributed by atoms with van der Waals surface area (Å²) in [5.41, 5.74) is 2.26. The molecule has 0 spiro atoms. The van der Waals surface area contributed by atoms with Gasteiger partial charge in [-0.2, -0.15) is 5.26 Å². The molecule has 0 amide bonds. The number of carbonyl (C=O) groups is 1. The van der Waals surface area contributed by atoms with Crippen LogP contribution in [0.3, 0.4) is 0 Å². The minimum atomic E-state index is -3.44. The number of benzene rings is 1. The van der Waals surface area contributed by atoms with E-state index in [1.165, 1.54) is 18.2 Å². The highest BCUT2D eigenvalue weighted by Crippen LogP contribution is 2.19. The molecule has 1 aromatic carbocycles. The first-order valence-electron chi connectivity index (χ1n) is 7.61. The van der Waals surface area contributed by atoms with Crippen molar-refractivity contribution in [3.63, 3.8) is 0 Å². The smallest absolute Gasteiger partial charge is 0.338 e. The van der Waals surface area contributed by atoms with Crippen LogP contribution in [0.1, 0.15) is 21.5 Å². The molecule has 0 unspecified atom stereocenters. The number of nitrogens with one attached hydrogen (secondary N) is 1. The number of rotatable bonds is 5. The number of hydrogen-bond donors (Lipinski definition) is 1. The van der Waals surface area contributed by atoms with E-state index in [0.717, 1.165) is 11.8 Å². The summed E-state index contributed by atoms with van der Waals surface area (Å²) in [5.74, 6) is -0.610. The monoisotopic (exact) mass is 369 g/mol. The number of hydrogen-bond acceptors (Lipinski definition) is 5. The highest BCUT2D eigenvalue weighted by molar-refractivity contribution is 7.92. The number of carbonyl (C=O) groups excluding carboxylic acids is 1. The van der Waals surface area contributed by atoms with E-state index in [1.54, 1.807) is 16.7 Å². The van der Waals surface area contributed by atoms with Crippen LogP contribution in [0.15, 0.2) is 54.9 Å². The number of pyridine rings is 1. The van der Waals surface area contributed by atoms with Gasteiger partial charge in [0.15, 0.2) is 0 Å². The van der Waals surface area contributed by atoms with E-state index in [0.29, 0.717) is 11.1 Å². The Balaban J connectivity index is 1.78. The molecule has 0 aliphatic heterocycles. The van der Waals surface area contributed by atoms with Crippen molar-refractivity contribution in [2.75, 3.05) is 11.0 Å². The fraction of sp³-hybridized carbons (Fsp3) is 0.111. The van der Waals surface area contributed by atoms with E-state index in [-0.39, 0.29) is 17.9 Å². The summed E-state index contributed by atoms with van der Waals surface area (Å²) in [6, 6.07) is 13.6. The minimum Gasteiger partial charge on any atom is -0.457 e. The number of aromatic nitrogens is 1. The van der Waals surface area contributed by atoms with Crippen molar-refractivity contribution in [2.45, 2.75) is 6.61 Å². The van der Waals surface area contributed by atoms with E-state index < -0.39 is 16.0 Å². The Morgan fingerprint density at radius 2 is 2.08 bits per heavy atom. The predicted octanol–water partition coefficient (Wildman–Crippen LogP) is 2.54. The van der Waals surface area contributed by atoms with Gasteiger partial charge in [-0.15, -0.1) is 0 Å². The quantitative estimate of drug-likeness (QED) is 0.697. The topological polar surface area (TPSA) is 101 Å². The molecule has 3 rings (SSSR count). The van der Waals surface area contributed by atoms with Crippen LogP contribution in [0.5, 0.6) is 0 Å². The van der Waals surface area contributed by atoms with Crippen LogP contribution < -0.4 is 4.72 Å². The zero-order valence-electron chi connectivity index (χ0n) is 13.8. The maximum atomic E-state index is 12.3. The van der Waals surface area contributed by atoms with Gasteiger partial charge >= 0.3 is 5.97 Å². The van der Waals surface area contributed by atoms with Crippen molar-refractivity contribution in [3.05, 3.63) is 71.5 Å². The molecule has 0 bridgehead atoms. The molecule has 0 radical (unpaired) electrons. The predicted molar refractivity (Wildman–Crippen MR) is 96.1 cm³/mol. The molecule has 2 aromatic heterocycles. The first-order valence-corrected chi connectivity index (χ1v) is 9.50. The zero-order chi connectivity index (χ0) is 18.7. The van der Waals surface area contributed by atoms with Gasteiger partial charge in [0.1, 0.15) is 12.7 Å². The average Bonchev–Trinajstić information content (AvgIpc) is 2.96. The van der Waals surface area contributed by atoms with E-state index in [4.69, 9.17) is 4.74 Å². The number of anilines is 1. The van der Waals surface area contributed by atoms with Crippen LogP contribution in [0, 0.1) is 11.3 Å². The standard InChI is InChI=1S/C18H15N3O4S/c1-26(23,24)20-15-6-4-5-13(9-15)18(22)25-12-14-11-21-8-3-2-7-17(21)16(14)10-19/h2-9,11,20H,12H2,1H3. The molecule has 3 aromatic rings. The molecular formula is C18H15N3O4S. The molecule has 0 atom stereocenters. The first kappa shape index (κ1) is 17.5. The highest BCUT2D eigenvalue weighted by atomic mass is 32.2. The molecule has 132 valence electrons. The number of nitriles is 1. The second-order valence-corrected chi connectivity index (χ2v) is 7.41. The van der Waals surface area contributed by atoms with E-state index in [1.807, 2.05) is 24.4 Å². The maximum absolute atomic E-state index is 12.3. The van der Waals surface area contributed by atoms with Crippen LogP contribution in [-0.2, 0) is 21.4 Å². The molecular weight excluding hydrogens is 354 g/mol. The molecule has 2 heterocycles. The van der Waals surface area contributed by atoms with Gasteiger partial charge < -0.3 is 9.14 Å². The van der Waals surface area contributed by atoms with Gasteiger partial charge in [0, 0.05) is 23.6 Å². The van der Waals surface area contributed by atoms with E-state index in [2.05, 4.69) is 10.8 Å². The van der Waals surface area contributed by atoms with Crippen LogP contribution in [0.25, 0.3) is 5.52 Å². The molecule has 0 fully saturated rings. The third-order valence-corrected chi connectivity index (χ3v) is 4.24. The molecule has 8 heteroatoms. The zero-order valence-corrected chi connectivity index (χ0v) is 14.7. The first-order chi connectivity index (χ1) is 12.4. The molecule has 0 aliphatic carbocycles. The van der Waals surface area contributed by atoms with Gasteiger partial charge in [-0.3, -0.25) is 4.72 Å². The van der Waals surface area contributed by atoms with Crippen LogP contribution in [-0.4, -0.2) is 25.0 Å². The number of ether oxygens (including phenoxy) is 1. The maximum Gasteiger partial charge on any atom is 0.338 e. The van der Waals surface area contributed by atoms with Crippen molar-refractivity contribution in [3.8, 4) is 6.07 Å². The highest BCUT2D eigenvalue weighted by Gasteiger charge is 2.14. The third kappa shape index (κ3) is 3.84. The van der Waals surface area contributed by atoms with Gasteiger partial charge in [0.25, 0.3) is 0 Å². The number of nitrogens with zero attached hydrogens (tertiary/aromatic N) is 2. The number of fused-ring (bicyclic) bond motifs is 1. The Kier molecular flexibility index (Phi) is 4.65. The largest absolute Gasteiger partial charge is 0.457 e. The second kappa shape index (κ2) is 6.90. The summed E-state index contributed by atoms with van der Waals surface area (Å²) in [4.78, 5) is 12.3. The van der Waals surface area contributed by atoms with Crippen molar-refractivity contribution < 1.29 is 17.9 Å². The molecule has 0 saturated carbocycles. The van der Waals surface area contributed by atoms with Gasteiger partial charge in [-0.1, -0.05) is 12.1 Å². The summed E-state index contributed by atoms with van der Waals surface area (Å²) in [5, 5.41) is 9.36. The molecule has 7 nitrogen and oxygen atoms in total. The van der Waals surface area contributed by atoms with Gasteiger partial charge in [0.2, 0.25) is 10.0 Å². The molecule has 1 N–H and O–H groups in total. The average molecular weight is 369 g/mol. The van der Waals surface area contributed by atoms with Gasteiger partial charge in [-0.25, -0.2) is 13.2 Å². The molecule has 26 heavy (non-hydrogen) atoms. The van der Waals surface area contributed by atoms with E-state index in [9.17, 15) is 18.5 Å². The van der Waals surface area contributed by atoms with Crippen LogP contribution >= 0.6 is 0 Å². The lowest BCUT2D eigenvalue weighted by Crippen LogP contribution is -2.11. The lowest BCUT2D eigenvalue weighted by Gasteiger charge is -2.07. The van der Waals surface area contributed by atoms with Crippen LogP contribution in [0.2, 0.25) is 0 Å². The molecule has 0 saturated heterocycles. The summed E-state index contributed by atoms with van der Waals surface area (Å²) in [6.45, 7) is -0.0624. The third-order valence-electron chi connectivity index (χ3n) is 3.63. The Bertz CT molecular complexity index is 1130. The Hall–Kier alpha value is -3.31. The lowest BCUT2D eigenvalue weighted by molar-refractivity contribution is 0.0472.